The molecule has 2 fully saturated rings. The van der Waals surface area contributed by atoms with Gasteiger partial charge in [0.15, 0.2) is 0 Å². The fourth-order valence-electron chi connectivity index (χ4n) is 2.82. The minimum Gasteiger partial charge on any atom is -0.382 e. The Labute approximate surface area is 86.5 Å². The standard InChI is InChI=1S/C10H17BO3/c1-4-10-6(2)8(9(11)14-10)13-7(10)5-12-3/h6-9H,4-5H2,1-3H3. The average Bonchev–Trinajstić information content (AvgIpc) is 2.56. The molecule has 2 radical (unpaired) electrons. The number of fused-ring (bicyclic) bond motifs is 2. The Bertz CT molecular complexity index is 223. The SMILES string of the molecule is [B]C1OC2(CC)C(COC)OC1C2C. The molecule has 5 unspecified atom stereocenters. The molecule has 0 N–H and O–H groups in total. The van der Waals surface area contributed by atoms with Crippen LogP contribution in [0, 0.1) is 5.92 Å². The molecule has 0 aromatic carbocycles. The summed E-state index contributed by atoms with van der Waals surface area (Å²) in [6, 6.07) is -0.266. The van der Waals surface area contributed by atoms with E-state index in [4.69, 9.17) is 22.1 Å². The van der Waals surface area contributed by atoms with E-state index in [1.807, 2.05) is 0 Å². The van der Waals surface area contributed by atoms with Gasteiger partial charge in [-0.15, -0.1) is 0 Å². The molecule has 0 aromatic heterocycles. The summed E-state index contributed by atoms with van der Waals surface area (Å²) in [5, 5.41) is 0. The van der Waals surface area contributed by atoms with Crippen LogP contribution in [-0.2, 0) is 14.2 Å². The van der Waals surface area contributed by atoms with Gasteiger partial charge in [0.25, 0.3) is 0 Å². The van der Waals surface area contributed by atoms with Crippen LogP contribution in [0.3, 0.4) is 0 Å². The van der Waals surface area contributed by atoms with Crippen LogP contribution < -0.4 is 0 Å². The number of hydrogen-bond donors (Lipinski definition) is 0. The first-order valence-electron chi connectivity index (χ1n) is 5.23. The van der Waals surface area contributed by atoms with Gasteiger partial charge in [0, 0.05) is 19.0 Å². The van der Waals surface area contributed by atoms with E-state index in [2.05, 4.69) is 13.8 Å². The van der Waals surface area contributed by atoms with Gasteiger partial charge in [-0.25, -0.2) is 0 Å². The maximum absolute atomic E-state index is 5.85. The van der Waals surface area contributed by atoms with Gasteiger partial charge in [-0.3, -0.25) is 0 Å². The summed E-state index contributed by atoms with van der Waals surface area (Å²) >= 11 is 0. The summed E-state index contributed by atoms with van der Waals surface area (Å²) in [6.45, 7) is 4.85. The van der Waals surface area contributed by atoms with Gasteiger partial charge in [-0.1, -0.05) is 13.8 Å². The summed E-state index contributed by atoms with van der Waals surface area (Å²) < 4.78 is 16.8. The molecule has 2 heterocycles. The van der Waals surface area contributed by atoms with Crippen LogP contribution >= 0.6 is 0 Å². The number of rotatable bonds is 3. The van der Waals surface area contributed by atoms with Crippen molar-refractivity contribution in [3.63, 3.8) is 0 Å². The first kappa shape index (κ1) is 10.5. The van der Waals surface area contributed by atoms with E-state index in [1.165, 1.54) is 0 Å². The lowest BCUT2D eigenvalue weighted by Crippen LogP contribution is -2.48. The van der Waals surface area contributed by atoms with Crippen LogP contribution in [0.4, 0.5) is 0 Å². The molecule has 78 valence electrons. The monoisotopic (exact) mass is 196 g/mol. The molecule has 0 aromatic rings. The summed E-state index contributed by atoms with van der Waals surface area (Å²) in [6.07, 6.45) is 0.999. The van der Waals surface area contributed by atoms with Crippen molar-refractivity contribution in [1.82, 2.24) is 0 Å². The topological polar surface area (TPSA) is 27.7 Å². The third-order valence-electron chi connectivity index (χ3n) is 3.68. The molecule has 0 aliphatic carbocycles. The molecule has 2 bridgehead atoms. The zero-order valence-corrected chi connectivity index (χ0v) is 9.03. The molecule has 2 aliphatic heterocycles. The molecular weight excluding hydrogens is 179 g/mol. The molecule has 2 rings (SSSR count). The summed E-state index contributed by atoms with van der Waals surface area (Å²) in [5.41, 5.74) is -0.222. The van der Waals surface area contributed by atoms with Crippen molar-refractivity contribution >= 4 is 7.85 Å². The van der Waals surface area contributed by atoms with Crippen LogP contribution in [0.2, 0.25) is 0 Å². The highest BCUT2D eigenvalue weighted by molar-refractivity contribution is 6.11. The Morgan fingerprint density at radius 1 is 1.50 bits per heavy atom. The predicted octanol–water partition coefficient (Wildman–Crippen LogP) is 0.710. The van der Waals surface area contributed by atoms with Gasteiger partial charge >= 0.3 is 0 Å². The molecular formula is C10H17BO3. The first-order valence-corrected chi connectivity index (χ1v) is 5.23. The first-order chi connectivity index (χ1) is 6.65. The van der Waals surface area contributed by atoms with E-state index >= 15 is 0 Å². The third-order valence-corrected chi connectivity index (χ3v) is 3.68. The highest BCUT2D eigenvalue weighted by atomic mass is 16.6. The fourth-order valence-corrected chi connectivity index (χ4v) is 2.82. The molecule has 0 amide bonds. The van der Waals surface area contributed by atoms with E-state index in [1.54, 1.807) is 7.11 Å². The average molecular weight is 196 g/mol. The maximum Gasteiger partial charge on any atom is 0.112 e. The lowest BCUT2D eigenvalue weighted by molar-refractivity contribution is -0.177. The van der Waals surface area contributed by atoms with Gasteiger partial charge in [0.2, 0.25) is 0 Å². The molecule has 4 heteroatoms. The van der Waals surface area contributed by atoms with E-state index in [0.717, 1.165) is 6.42 Å². The smallest absolute Gasteiger partial charge is 0.112 e. The van der Waals surface area contributed by atoms with Gasteiger partial charge in [-0.05, 0) is 6.42 Å². The van der Waals surface area contributed by atoms with Crippen LogP contribution in [0.15, 0.2) is 0 Å². The quantitative estimate of drug-likeness (QED) is 0.622. The van der Waals surface area contributed by atoms with Gasteiger partial charge in [-0.2, -0.15) is 0 Å². The van der Waals surface area contributed by atoms with Gasteiger partial charge < -0.3 is 14.2 Å². The molecule has 0 saturated carbocycles. The molecule has 2 aliphatic rings. The Morgan fingerprint density at radius 3 is 2.71 bits per heavy atom. The van der Waals surface area contributed by atoms with E-state index in [-0.39, 0.29) is 23.8 Å². The normalized spacial score (nSPS) is 51.4. The van der Waals surface area contributed by atoms with Crippen molar-refractivity contribution in [2.24, 2.45) is 5.92 Å². The Hall–Kier alpha value is -0.0551. The van der Waals surface area contributed by atoms with Gasteiger partial charge in [0.1, 0.15) is 19.6 Å². The van der Waals surface area contributed by atoms with E-state index < -0.39 is 0 Å². The van der Waals surface area contributed by atoms with Crippen LogP contribution in [-0.4, -0.2) is 45.4 Å². The Morgan fingerprint density at radius 2 is 2.21 bits per heavy atom. The Balaban J connectivity index is 2.20. The molecule has 3 nitrogen and oxygen atoms in total. The minimum absolute atomic E-state index is 0.0371. The zero-order valence-electron chi connectivity index (χ0n) is 9.03. The summed E-state index contributed by atoms with van der Waals surface area (Å²) in [4.78, 5) is 0. The lowest BCUT2D eigenvalue weighted by atomic mass is 9.82. The molecule has 0 spiro atoms. The Kier molecular flexibility index (Phi) is 2.62. The van der Waals surface area contributed by atoms with Crippen molar-refractivity contribution in [2.75, 3.05) is 13.7 Å². The summed E-state index contributed by atoms with van der Waals surface area (Å²) in [7, 11) is 7.53. The predicted molar refractivity (Wildman–Crippen MR) is 53.4 cm³/mol. The van der Waals surface area contributed by atoms with Crippen LogP contribution in [0.25, 0.3) is 0 Å². The fraction of sp³-hybridized carbons (Fsp3) is 1.00. The van der Waals surface area contributed by atoms with E-state index in [9.17, 15) is 0 Å². The number of ether oxygens (including phenoxy) is 3. The maximum atomic E-state index is 5.85. The van der Waals surface area contributed by atoms with E-state index in [0.29, 0.717) is 12.5 Å². The van der Waals surface area contributed by atoms with Crippen molar-refractivity contribution < 1.29 is 14.2 Å². The van der Waals surface area contributed by atoms with Crippen molar-refractivity contribution in [1.29, 1.82) is 0 Å². The summed E-state index contributed by atoms with van der Waals surface area (Å²) in [5.74, 6) is 0.364. The lowest BCUT2D eigenvalue weighted by Gasteiger charge is -2.36. The second-order valence-corrected chi connectivity index (χ2v) is 4.22. The third kappa shape index (κ3) is 1.17. The second-order valence-electron chi connectivity index (χ2n) is 4.22. The molecule has 5 atom stereocenters. The van der Waals surface area contributed by atoms with Crippen LogP contribution in [0.5, 0.6) is 0 Å². The molecule has 14 heavy (non-hydrogen) atoms. The van der Waals surface area contributed by atoms with Crippen LogP contribution in [0.1, 0.15) is 20.3 Å². The highest BCUT2D eigenvalue weighted by Crippen LogP contribution is 2.49. The van der Waals surface area contributed by atoms with Crippen molar-refractivity contribution in [3.8, 4) is 0 Å². The van der Waals surface area contributed by atoms with Gasteiger partial charge in [0.05, 0.1) is 12.7 Å². The number of hydrogen-bond acceptors (Lipinski definition) is 3. The second kappa shape index (κ2) is 3.51. The van der Waals surface area contributed by atoms with Crippen molar-refractivity contribution in [3.05, 3.63) is 0 Å². The zero-order chi connectivity index (χ0) is 10.3. The largest absolute Gasteiger partial charge is 0.382 e. The number of methoxy groups -OCH3 is 1. The highest BCUT2D eigenvalue weighted by Gasteiger charge is 2.61. The minimum atomic E-state index is -0.266. The van der Waals surface area contributed by atoms with Crippen molar-refractivity contribution in [2.45, 2.75) is 44.1 Å². The molecule has 2 saturated heterocycles.